The van der Waals surface area contributed by atoms with Gasteiger partial charge in [0.15, 0.2) is 0 Å². The Hall–Kier alpha value is -2.70. The molecule has 2 N–H and O–H groups in total. The number of aromatic nitrogens is 2. The molecule has 0 radical (unpaired) electrons. The van der Waals surface area contributed by atoms with Gasteiger partial charge in [0, 0.05) is 31.7 Å². The Morgan fingerprint density at radius 2 is 1.89 bits per heavy atom. The Balaban J connectivity index is 1.37. The molecule has 0 spiro atoms. The lowest BCUT2D eigenvalue weighted by atomic mass is 10.1. The van der Waals surface area contributed by atoms with Crippen LogP contribution in [0, 0.1) is 12.7 Å². The van der Waals surface area contributed by atoms with Crippen LogP contribution in [-0.2, 0) is 17.8 Å². The van der Waals surface area contributed by atoms with Crippen LogP contribution in [0.15, 0.2) is 48.7 Å². The van der Waals surface area contributed by atoms with Crippen molar-refractivity contribution in [1.82, 2.24) is 15.5 Å². The van der Waals surface area contributed by atoms with Gasteiger partial charge in [0.2, 0.25) is 0 Å². The van der Waals surface area contributed by atoms with Crippen LogP contribution in [-0.4, -0.2) is 36.5 Å². The molecule has 0 amide bonds. The van der Waals surface area contributed by atoms with Gasteiger partial charge in [-0.1, -0.05) is 35.9 Å². The first-order chi connectivity index (χ1) is 13.7. The van der Waals surface area contributed by atoms with Crippen molar-refractivity contribution in [3.05, 3.63) is 71.2 Å². The molecule has 2 aromatic carbocycles. The quantitative estimate of drug-likeness (QED) is 0.685. The first-order valence-electron chi connectivity index (χ1n) is 9.62. The summed E-state index contributed by atoms with van der Waals surface area (Å²) in [4.78, 5) is 2.04. The average Bonchev–Trinajstić information content (AvgIpc) is 3.18. The summed E-state index contributed by atoms with van der Waals surface area (Å²) in [7, 11) is 0. The van der Waals surface area contributed by atoms with Crippen LogP contribution in [0.1, 0.15) is 16.7 Å². The van der Waals surface area contributed by atoms with Crippen molar-refractivity contribution in [2.75, 3.05) is 31.2 Å². The summed E-state index contributed by atoms with van der Waals surface area (Å²) < 4.78 is 19.9. The highest BCUT2D eigenvalue weighted by Crippen LogP contribution is 2.23. The third-order valence-corrected chi connectivity index (χ3v) is 5.07. The van der Waals surface area contributed by atoms with Crippen LogP contribution < -0.4 is 10.2 Å². The lowest BCUT2D eigenvalue weighted by Crippen LogP contribution is -2.36. The van der Waals surface area contributed by atoms with Crippen molar-refractivity contribution in [3.8, 4) is 11.3 Å². The Kier molecular flexibility index (Phi) is 5.69. The zero-order valence-corrected chi connectivity index (χ0v) is 16.0. The predicted octanol–water partition coefficient (Wildman–Crippen LogP) is 3.65. The number of nitrogens with zero attached hydrogens (tertiary/aromatic N) is 2. The molecule has 4 rings (SSSR count). The van der Waals surface area contributed by atoms with Gasteiger partial charge in [-0.25, -0.2) is 4.39 Å². The minimum absolute atomic E-state index is 0.176. The average molecular weight is 380 g/mol. The van der Waals surface area contributed by atoms with Crippen molar-refractivity contribution in [2.24, 2.45) is 0 Å². The number of H-pyrrole nitrogens is 1. The largest absolute Gasteiger partial charge is 0.378 e. The second-order valence-electron chi connectivity index (χ2n) is 7.13. The smallest absolute Gasteiger partial charge is 0.146 e. The highest BCUT2D eigenvalue weighted by molar-refractivity contribution is 5.62. The van der Waals surface area contributed by atoms with E-state index in [-0.39, 0.29) is 5.82 Å². The van der Waals surface area contributed by atoms with Crippen molar-refractivity contribution >= 4 is 5.69 Å². The Bertz CT molecular complexity index is 917. The Labute approximate surface area is 164 Å². The molecule has 3 aromatic rings. The molecule has 6 heteroatoms. The molecular weight excluding hydrogens is 355 g/mol. The van der Waals surface area contributed by atoms with E-state index in [2.05, 4.69) is 46.7 Å². The number of morpholine rings is 1. The third kappa shape index (κ3) is 4.24. The fourth-order valence-corrected chi connectivity index (χ4v) is 3.48. The van der Waals surface area contributed by atoms with E-state index in [0.717, 1.165) is 35.5 Å². The summed E-state index contributed by atoms with van der Waals surface area (Å²) in [5, 5.41) is 10.7. The maximum absolute atomic E-state index is 14.5. The standard InChI is InChI=1S/C22H25FN4O/c1-16-2-5-18(6-3-16)22-19(15-25-26-22)14-24-13-17-4-7-21(20(23)12-17)27-8-10-28-11-9-27/h2-7,12,15,24H,8-11,13-14H2,1H3,(H,25,26). The van der Waals surface area contributed by atoms with Gasteiger partial charge in [-0.15, -0.1) is 0 Å². The molecule has 0 saturated carbocycles. The highest BCUT2D eigenvalue weighted by Gasteiger charge is 2.15. The first-order valence-corrected chi connectivity index (χ1v) is 9.62. The van der Waals surface area contributed by atoms with E-state index in [1.165, 1.54) is 5.56 Å². The van der Waals surface area contributed by atoms with Crippen molar-refractivity contribution in [2.45, 2.75) is 20.0 Å². The Morgan fingerprint density at radius 3 is 2.64 bits per heavy atom. The molecule has 1 aliphatic rings. The molecule has 28 heavy (non-hydrogen) atoms. The summed E-state index contributed by atoms with van der Waals surface area (Å²) in [6.45, 7) is 6.09. The molecule has 0 bridgehead atoms. The molecule has 0 atom stereocenters. The van der Waals surface area contributed by atoms with Gasteiger partial charge >= 0.3 is 0 Å². The van der Waals surface area contributed by atoms with E-state index >= 15 is 0 Å². The molecule has 0 aliphatic carbocycles. The van der Waals surface area contributed by atoms with Gasteiger partial charge in [0.25, 0.3) is 0 Å². The molecule has 146 valence electrons. The second-order valence-corrected chi connectivity index (χ2v) is 7.13. The van der Waals surface area contributed by atoms with Crippen molar-refractivity contribution < 1.29 is 9.13 Å². The van der Waals surface area contributed by atoms with E-state index in [9.17, 15) is 4.39 Å². The number of ether oxygens (including phenoxy) is 1. The van der Waals surface area contributed by atoms with Crippen molar-refractivity contribution in [3.63, 3.8) is 0 Å². The highest BCUT2D eigenvalue weighted by atomic mass is 19.1. The first kappa shape index (κ1) is 18.7. The van der Waals surface area contributed by atoms with E-state index in [1.54, 1.807) is 6.07 Å². The molecule has 1 aromatic heterocycles. The normalized spacial score (nSPS) is 14.4. The summed E-state index contributed by atoms with van der Waals surface area (Å²) in [6, 6.07) is 13.8. The summed E-state index contributed by atoms with van der Waals surface area (Å²) >= 11 is 0. The number of aromatic amines is 1. The number of benzene rings is 2. The van der Waals surface area contributed by atoms with Crippen LogP contribution in [0.25, 0.3) is 11.3 Å². The van der Waals surface area contributed by atoms with Crippen LogP contribution in [0.3, 0.4) is 0 Å². The van der Waals surface area contributed by atoms with Gasteiger partial charge in [0.05, 0.1) is 30.8 Å². The van der Waals surface area contributed by atoms with E-state index < -0.39 is 0 Å². The zero-order chi connectivity index (χ0) is 19.3. The molecule has 2 heterocycles. The number of nitrogens with one attached hydrogen (secondary N) is 2. The second kappa shape index (κ2) is 8.54. The van der Waals surface area contributed by atoms with Crippen LogP contribution in [0.4, 0.5) is 10.1 Å². The van der Waals surface area contributed by atoms with Crippen molar-refractivity contribution in [1.29, 1.82) is 0 Å². The number of anilines is 1. The fraction of sp³-hybridized carbons (Fsp3) is 0.318. The van der Waals surface area contributed by atoms with Gasteiger partial charge in [0.1, 0.15) is 5.82 Å². The maximum Gasteiger partial charge on any atom is 0.146 e. The molecule has 0 unspecified atom stereocenters. The predicted molar refractivity (Wildman–Crippen MR) is 109 cm³/mol. The minimum atomic E-state index is -0.176. The van der Waals surface area contributed by atoms with Gasteiger partial charge in [-0.2, -0.15) is 5.10 Å². The van der Waals surface area contributed by atoms with E-state index in [0.29, 0.717) is 32.0 Å². The monoisotopic (exact) mass is 380 g/mol. The SMILES string of the molecule is Cc1ccc(-c2[nH]ncc2CNCc2ccc(N3CCOCC3)c(F)c2)cc1. The Morgan fingerprint density at radius 1 is 1.11 bits per heavy atom. The van der Waals surface area contributed by atoms with Gasteiger partial charge < -0.3 is 15.0 Å². The molecule has 5 nitrogen and oxygen atoms in total. The molecule has 1 aliphatic heterocycles. The molecular formula is C22H25FN4O. The van der Waals surface area contributed by atoms with Crippen LogP contribution in [0.2, 0.25) is 0 Å². The topological polar surface area (TPSA) is 53.2 Å². The number of rotatable bonds is 6. The van der Waals surface area contributed by atoms with E-state index in [4.69, 9.17) is 4.74 Å². The fourth-order valence-electron chi connectivity index (χ4n) is 3.48. The van der Waals surface area contributed by atoms with Crippen LogP contribution >= 0.6 is 0 Å². The summed E-state index contributed by atoms with van der Waals surface area (Å²) in [6.07, 6.45) is 1.84. The van der Waals surface area contributed by atoms with Crippen LogP contribution in [0.5, 0.6) is 0 Å². The number of hydrogen-bond donors (Lipinski definition) is 2. The maximum atomic E-state index is 14.5. The minimum Gasteiger partial charge on any atom is -0.378 e. The molecule has 1 saturated heterocycles. The lowest BCUT2D eigenvalue weighted by molar-refractivity contribution is 0.122. The zero-order valence-electron chi connectivity index (χ0n) is 16.0. The van der Waals surface area contributed by atoms with Gasteiger partial charge in [-0.05, 0) is 30.2 Å². The summed E-state index contributed by atoms with van der Waals surface area (Å²) in [5.74, 6) is -0.176. The number of halogens is 1. The third-order valence-electron chi connectivity index (χ3n) is 5.07. The van der Waals surface area contributed by atoms with E-state index in [1.807, 2.05) is 23.2 Å². The summed E-state index contributed by atoms with van der Waals surface area (Å²) in [5.41, 5.74) is 6.03. The number of aryl methyl sites for hydroxylation is 1. The lowest BCUT2D eigenvalue weighted by Gasteiger charge is -2.29. The molecule has 1 fully saturated rings. The van der Waals surface area contributed by atoms with Gasteiger partial charge in [-0.3, -0.25) is 5.10 Å². The number of hydrogen-bond acceptors (Lipinski definition) is 4.